The summed E-state index contributed by atoms with van der Waals surface area (Å²) in [5.41, 5.74) is 0.871. The van der Waals surface area contributed by atoms with Gasteiger partial charge in [-0.1, -0.05) is 30.3 Å². The molecule has 2 N–H and O–H groups in total. The number of carbonyl (C=O) groups excluding carboxylic acids is 5. The predicted molar refractivity (Wildman–Crippen MR) is 128 cm³/mol. The van der Waals surface area contributed by atoms with Crippen molar-refractivity contribution in [3.8, 4) is 0 Å². The molecular formula is C25H35NO11. The fraction of sp³-hybridized carbons (Fsp3) is 0.560. The summed E-state index contributed by atoms with van der Waals surface area (Å²) in [5, 5.41) is 11.9. The van der Waals surface area contributed by atoms with Crippen LogP contribution in [0, 0.1) is 0 Å². The van der Waals surface area contributed by atoms with Gasteiger partial charge in [0.2, 0.25) is 5.91 Å². The lowest BCUT2D eigenvalue weighted by Gasteiger charge is -2.21. The van der Waals surface area contributed by atoms with Gasteiger partial charge in [-0.05, 0) is 32.8 Å². The first kappa shape index (κ1) is 31.5. The molecule has 1 amide bonds. The molecule has 12 nitrogen and oxygen atoms in total. The first-order valence-corrected chi connectivity index (χ1v) is 11.8. The highest BCUT2D eigenvalue weighted by Gasteiger charge is 2.27. The second-order valence-electron chi connectivity index (χ2n) is 8.13. The van der Waals surface area contributed by atoms with Crippen LogP contribution in [0.15, 0.2) is 30.3 Å². The first-order chi connectivity index (χ1) is 17.5. The van der Waals surface area contributed by atoms with Gasteiger partial charge in [-0.2, -0.15) is 0 Å². The Labute approximate surface area is 215 Å². The van der Waals surface area contributed by atoms with E-state index < -0.39 is 54.1 Å². The Bertz CT molecular complexity index is 888. The molecule has 1 rings (SSSR count). The molecular weight excluding hydrogens is 490 g/mol. The van der Waals surface area contributed by atoms with E-state index in [1.807, 2.05) is 30.3 Å². The van der Waals surface area contributed by atoms with Crippen molar-refractivity contribution in [2.75, 3.05) is 26.9 Å². The quantitative estimate of drug-likeness (QED) is 0.175. The van der Waals surface area contributed by atoms with Crippen LogP contribution >= 0.6 is 0 Å². The van der Waals surface area contributed by atoms with Crippen molar-refractivity contribution in [2.45, 2.75) is 64.4 Å². The van der Waals surface area contributed by atoms with Gasteiger partial charge in [0.15, 0.2) is 12.2 Å². The second-order valence-corrected chi connectivity index (χ2v) is 8.13. The van der Waals surface area contributed by atoms with E-state index in [4.69, 9.17) is 28.8 Å². The molecule has 4 unspecified atom stereocenters. The third kappa shape index (κ3) is 13.4. The van der Waals surface area contributed by atoms with Gasteiger partial charge >= 0.3 is 23.9 Å². The normalized spacial score (nSPS) is 13.9. The molecule has 1 aromatic carbocycles. The van der Waals surface area contributed by atoms with Crippen molar-refractivity contribution >= 4 is 29.8 Å². The van der Waals surface area contributed by atoms with E-state index in [1.54, 1.807) is 0 Å². The zero-order valence-electron chi connectivity index (χ0n) is 21.5. The highest BCUT2D eigenvalue weighted by atomic mass is 16.6. The number of amides is 1. The van der Waals surface area contributed by atoms with Gasteiger partial charge in [-0.25, -0.2) is 14.4 Å². The number of benzene rings is 1. The third-order valence-corrected chi connectivity index (χ3v) is 4.81. The molecule has 4 atom stereocenters. The maximum absolute atomic E-state index is 12.4. The van der Waals surface area contributed by atoms with Crippen LogP contribution < -0.4 is 5.32 Å². The van der Waals surface area contributed by atoms with Crippen molar-refractivity contribution in [1.29, 1.82) is 0 Å². The molecule has 0 aliphatic rings. The van der Waals surface area contributed by atoms with Crippen molar-refractivity contribution in [3.63, 3.8) is 0 Å². The van der Waals surface area contributed by atoms with E-state index in [2.05, 4.69) is 5.32 Å². The van der Waals surface area contributed by atoms with Gasteiger partial charge in [0.25, 0.3) is 0 Å². The van der Waals surface area contributed by atoms with Crippen LogP contribution in [0.25, 0.3) is 0 Å². The molecule has 37 heavy (non-hydrogen) atoms. The molecule has 1 aromatic rings. The number of carbonyl (C=O) groups is 5. The number of esters is 4. The highest BCUT2D eigenvalue weighted by molar-refractivity contribution is 5.84. The van der Waals surface area contributed by atoms with Crippen LogP contribution in [0.3, 0.4) is 0 Å². The fourth-order valence-corrected chi connectivity index (χ4v) is 2.82. The Balaban J connectivity index is 2.63. The summed E-state index contributed by atoms with van der Waals surface area (Å²) in [6.07, 6.45) is -4.01. The summed E-state index contributed by atoms with van der Waals surface area (Å²) < 4.78 is 24.7. The summed E-state index contributed by atoms with van der Waals surface area (Å²) in [6.45, 7) is 3.81. The van der Waals surface area contributed by atoms with Gasteiger partial charge in [0.05, 0.1) is 19.1 Å². The topological polar surface area (TPSA) is 164 Å². The Hall–Kier alpha value is -3.51. The Morgan fingerprint density at radius 2 is 1.46 bits per heavy atom. The zero-order valence-corrected chi connectivity index (χ0v) is 21.5. The number of aliphatic hydroxyl groups is 1. The predicted octanol–water partition coefficient (Wildman–Crippen LogP) is 0.471. The summed E-state index contributed by atoms with van der Waals surface area (Å²) in [4.78, 5) is 60.0. The number of ether oxygens (including phenoxy) is 5. The maximum atomic E-state index is 12.4. The Kier molecular flexibility index (Phi) is 14.5. The van der Waals surface area contributed by atoms with Crippen LogP contribution in [-0.4, -0.2) is 86.2 Å². The van der Waals surface area contributed by atoms with E-state index in [1.165, 1.54) is 27.9 Å². The summed E-state index contributed by atoms with van der Waals surface area (Å²) in [6, 6.07) is 8.54. The average Bonchev–Trinajstić information content (AvgIpc) is 2.86. The van der Waals surface area contributed by atoms with E-state index >= 15 is 0 Å². The average molecular weight is 526 g/mol. The lowest BCUT2D eigenvalue weighted by atomic mass is 10.1. The second kappa shape index (κ2) is 17.0. The maximum Gasteiger partial charge on any atom is 0.347 e. The third-order valence-electron chi connectivity index (χ3n) is 4.81. The van der Waals surface area contributed by atoms with E-state index in [0.717, 1.165) is 5.56 Å². The monoisotopic (exact) mass is 525 g/mol. The molecule has 0 aliphatic heterocycles. The molecule has 12 heteroatoms. The number of hydrogen-bond donors (Lipinski definition) is 2. The summed E-state index contributed by atoms with van der Waals surface area (Å²) >= 11 is 0. The number of hydrogen-bond acceptors (Lipinski definition) is 11. The molecule has 0 bridgehead atoms. The van der Waals surface area contributed by atoms with E-state index in [0.29, 0.717) is 6.42 Å². The lowest BCUT2D eigenvalue weighted by Crippen LogP contribution is -2.42. The standard InChI is InChI=1S/C25H35NO11/c1-16(27)23(30)36-18(3)25(32)37-17(2)24(31)35-15-20(14-19-8-6-5-7-9-19)26-21(28)10-11-22(29)34-13-12-33-4/h5-9,16-18,20,27H,10-15H2,1-4H3,(H,26,28). The van der Waals surface area contributed by atoms with E-state index in [9.17, 15) is 24.0 Å². The molecule has 0 fully saturated rings. The summed E-state index contributed by atoms with van der Waals surface area (Å²) in [5.74, 6) is -3.86. The fourth-order valence-electron chi connectivity index (χ4n) is 2.82. The smallest absolute Gasteiger partial charge is 0.347 e. The number of rotatable bonds is 16. The largest absolute Gasteiger partial charge is 0.463 e. The van der Waals surface area contributed by atoms with Crippen LogP contribution in [0.1, 0.15) is 39.2 Å². The first-order valence-electron chi connectivity index (χ1n) is 11.8. The van der Waals surface area contributed by atoms with E-state index in [-0.39, 0.29) is 32.7 Å². The minimum Gasteiger partial charge on any atom is -0.463 e. The molecule has 0 saturated heterocycles. The number of aliphatic hydroxyl groups excluding tert-OH is 1. The van der Waals surface area contributed by atoms with Gasteiger partial charge < -0.3 is 34.1 Å². The van der Waals surface area contributed by atoms with Gasteiger partial charge in [0.1, 0.15) is 19.3 Å². The minimum absolute atomic E-state index is 0.0913. The Morgan fingerprint density at radius 1 is 0.838 bits per heavy atom. The van der Waals surface area contributed by atoms with Crippen LogP contribution in [-0.2, 0) is 54.1 Å². The Morgan fingerprint density at radius 3 is 2.08 bits per heavy atom. The van der Waals surface area contributed by atoms with Crippen molar-refractivity contribution < 1.29 is 52.8 Å². The van der Waals surface area contributed by atoms with Crippen LogP contribution in [0.5, 0.6) is 0 Å². The molecule has 206 valence electrons. The van der Waals surface area contributed by atoms with Crippen LogP contribution in [0.2, 0.25) is 0 Å². The van der Waals surface area contributed by atoms with Gasteiger partial charge in [0, 0.05) is 13.5 Å². The lowest BCUT2D eigenvalue weighted by molar-refractivity contribution is -0.179. The molecule has 0 saturated carbocycles. The SMILES string of the molecule is COCCOC(=O)CCC(=O)NC(COC(=O)C(C)OC(=O)C(C)OC(=O)C(C)O)Cc1ccccc1. The minimum atomic E-state index is -1.42. The molecule has 0 spiro atoms. The molecule has 0 radical (unpaired) electrons. The van der Waals surface area contributed by atoms with Crippen molar-refractivity contribution in [3.05, 3.63) is 35.9 Å². The number of nitrogens with one attached hydrogen (secondary N) is 1. The van der Waals surface area contributed by atoms with Gasteiger partial charge in [-0.3, -0.25) is 9.59 Å². The number of methoxy groups -OCH3 is 1. The zero-order chi connectivity index (χ0) is 27.8. The van der Waals surface area contributed by atoms with Crippen molar-refractivity contribution in [1.82, 2.24) is 5.32 Å². The molecule has 0 heterocycles. The van der Waals surface area contributed by atoms with Crippen LogP contribution in [0.4, 0.5) is 0 Å². The molecule has 0 aliphatic carbocycles. The van der Waals surface area contributed by atoms with Crippen molar-refractivity contribution in [2.24, 2.45) is 0 Å². The summed E-state index contributed by atoms with van der Waals surface area (Å²) in [7, 11) is 1.47. The van der Waals surface area contributed by atoms with Gasteiger partial charge in [-0.15, -0.1) is 0 Å². The highest BCUT2D eigenvalue weighted by Crippen LogP contribution is 2.07. The molecule has 0 aromatic heterocycles.